The molecule has 0 aliphatic carbocycles. The molecule has 0 aliphatic heterocycles. The summed E-state index contributed by atoms with van der Waals surface area (Å²) in [5.74, 6) is -0.561. The van der Waals surface area contributed by atoms with Gasteiger partial charge in [0.1, 0.15) is 6.54 Å². The molecule has 180 valence electrons. The van der Waals surface area contributed by atoms with Gasteiger partial charge >= 0.3 is 0 Å². The van der Waals surface area contributed by atoms with Crippen LogP contribution in [0.2, 0.25) is 10.0 Å². The molecule has 1 amide bonds. The zero-order valence-electron chi connectivity index (χ0n) is 19.6. The van der Waals surface area contributed by atoms with Gasteiger partial charge < -0.3 is 4.57 Å². The van der Waals surface area contributed by atoms with Gasteiger partial charge in [-0.15, -0.1) is 0 Å². The van der Waals surface area contributed by atoms with Crippen LogP contribution in [0.5, 0.6) is 0 Å². The minimum absolute atomic E-state index is 0.391. The lowest BCUT2D eigenvalue weighted by molar-refractivity contribution is -0.119. The van der Waals surface area contributed by atoms with Crippen molar-refractivity contribution in [3.8, 4) is 5.69 Å². The smallest absolute Gasteiger partial charge is 0.260 e. The first-order valence-corrected chi connectivity index (χ1v) is 13.0. The number of anilines is 1. The average molecular weight is 521 g/mol. The summed E-state index contributed by atoms with van der Waals surface area (Å²) in [5.41, 5.74) is 8.15. The normalized spacial score (nSPS) is 11.7. The van der Waals surface area contributed by atoms with Crippen molar-refractivity contribution >= 4 is 51.0 Å². The first-order valence-electron chi connectivity index (χ1n) is 10.4. The van der Waals surface area contributed by atoms with Gasteiger partial charge in [-0.25, -0.2) is 13.8 Å². The van der Waals surface area contributed by atoms with Gasteiger partial charge in [0.05, 0.1) is 28.9 Å². The minimum Gasteiger partial charge on any atom is -0.316 e. The van der Waals surface area contributed by atoms with E-state index in [2.05, 4.69) is 10.5 Å². The number of carbonyl (C=O) groups excluding carboxylic acids is 1. The molecular formula is C24H26Cl2N4O3S. The van der Waals surface area contributed by atoms with E-state index in [1.165, 1.54) is 6.21 Å². The van der Waals surface area contributed by atoms with Crippen LogP contribution in [0.25, 0.3) is 5.69 Å². The number of halogens is 2. The Bertz CT molecular complexity index is 1380. The molecule has 0 radical (unpaired) electrons. The molecule has 0 bridgehead atoms. The van der Waals surface area contributed by atoms with Gasteiger partial charge in [0.25, 0.3) is 5.91 Å². The van der Waals surface area contributed by atoms with Crippen LogP contribution in [-0.2, 0) is 14.8 Å². The molecule has 1 aromatic heterocycles. The first kappa shape index (κ1) is 25.8. The van der Waals surface area contributed by atoms with Crippen LogP contribution in [0.4, 0.5) is 5.69 Å². The number of sulfonamides is 1. The largest absolute Gasteiger partial charge is 0.316 e. The fourth-order valence-corrected chi connectivity index (χ4v) is 4.91. The molecule has 2 aromatic carbocycles. The fraction of sp³-hybridized carbons (Fsp3) is 0.250. The van der Waals surface area contributed by atoms with Crippen LogP contribution < -0.4 is 9.73 Å². The SMILES string of the molecule is Cc1ccc(N(CC(=O)N/N=C\c2cc(C)n(-c3ccc(Cl)cc3Cl)c2C)S(C)(=O)=O)cc1C. The Morgan fingerprint density at radius 3 is 2.38 bits per heavy atom. The highest BCUT2D eigenvalue weighted by atomic mass is 35.5. The molecule has 0 spiro atoms. The molecule has 0 fully saturated rings. The fourth-order valence-electron chi connectivity index (χ4n) is 3.57. The zero-order valence-corrected chi connectivity index (χ0v) is 21.9. The molecule has 3 rings (SSSR count). The molecule has 10 heteroatoms. The number of hydrogen-bond acceptors (Lipinski definition) is 4. The van der Waals surface area contributed by atoms with E-state index in [0.717, 1.165) is 44.3 Å². The molecule has 34 heavy (non-hydrogen) atoms. The Kier molecular flexibility index (Phi) is 7.75. The maximum absolute atomic E-state index is 12.5. The molecule has 0 unspecified atom stereocenters. The molecular weight excluding hydrogens is 495 g/mol. The van der Waals surface area contributed by atoms with E-state index in [1.54, 1.807) is 24.3 Å². The second-order valence-electron chi connectivity index (χ2n) is 8.09. The molecule has 0 atom stereocenters. The van der Waals surface area contributed by atoms with Crippen LogP contribution >= 0.6 is 23.2 Å². The summed E-state index contributed by atoms with van der Waals surface area (Å²) in [4.78, 5) is 12.5. The van der Waals surface area contributed by atoms with Crippen LogP contribution in [0.1, 0.15) is 28.1 Å². The Balaban J connectivity index is 1.77. The predicted octanol–water partition coefficient (Wildman–Crippen LogP) is 4.93. The van der Waals surface area contributed by atoms with E-state index >= 15 is 0 Å². The summed E-state index contributed by atoms with van der Waals surface area (Å²) < 4.78 is 27.6. The first-order chi connectivity index (χ1) is 15.9. The minimum atomic E-state index is -3.67. The van der Waals surface area contributed by atoms with E-state index in [4.69, 9.17) is 23.2 Å². The van der Waals surface area contributed by atoms with Gasteiger partial charge in [-0.1, -0.05) is 29.3 Å². The highest BCUT2D eigenvalue weighted by Crippen LogP contribution is 2.28. The Hall–Kier alpha value is -2.81. The second kappa shape index (κ2) is 10.2. The third-order valence-corrected chi connectivity index (χ3v) is 7.16. The Morgan fingerprint density at radius 2 is 1.76 bits per heavy atom. The highest BCUT2D eigenvalue weighted by molar-refractivity contribution is 7.92. The summed E-state index contributed by atoms with van der Waals surface area (Å²) in [6.07, 6.45) is 2.58. The van der Waals surface area contributed by atoms with Gasteiger partial charge in [0, 0.05) is 22.0 Å². The lowest BCUT2D eigenvalue weighted by Crippen LogP contribution is -2.39. The number of nitrogens with zero attached hydrogens (tertiary/aromatic N) is 3. The van der Waals surface area contributed by atoms with Gasteiger partial charge in [0.15, 0.2) is 0 Å². The number of aryl methyl sites for hydroxylation is 3. The Morgan fingerprint density at radius 1 is 1.06 bits per heavy atom. The van der Waals surface area contributed by atoms with E-state index < -0.39 is 22.5 Å². The maximum atomic E-state index is 12.5. The number of carbonyl (C=O) groups is 1. The molecule has 3 aromatic rings. The molecule has 1 N–H and O–H groups in total. The molecule has 1 heterocycles. The lowest BCUT2D eigenvalue weighted by atomic mass is 10.1. The van der Waals surface area contributed by atoms with Crippen molar-refractivity contribution in [2.24, 2.45) is 5.10 Å². The number of rotatable bonds is 7. The van der Waals surface area contributed by atoms with Crippen LogP contribution in [0.15, 0.2) is 47.6 Å². The molecule has 0 saturated heterocycles. The van der Waals surface area contributed by atoms with Crippen molar-refractivity contribution in [1.29, 1.82) is 0 Å². The van der Waals surface area contributed by atoms with E-state index in [-0.39, 0.29) is 0 Å². The van der Waals surface area contributed by atoms with E-state index in [0.29, 0.717) is 15.7 Å². The number of benzene rings is 2. The number of amides is 1. The van der Waals surface area contributed by atoms with Crippen LogP contribution in [0.3, 0.4) is 0 Å². The predicted molar refractivity (Wildman–Crippen MR) is 139 cm³/mol. The van der Waals surface area contributed by atoms with Crippen molar-refractivity contribution < 1.29 is 13.2 Å². The summed E-state index contributed by atoms with van der Waals surface area (Å²) in [6, 6.07) is 12.4. The Labute approximate surface area is 210 Å². The van der Waals surface area contributed by atoms with Crippen LogP contribution in [0, 0.1) is 27.7 Å². The van der Waals surface area contributed by atoms with Crippen molar-refractivity contribution in [3.05, 3.63) is 80.6 Å². The van der Waals surface area contributed by atoms with Crippen molar-refractivity contribution in [1.82, 2.24) is 9.99 Å². The van der Waals surface area contributed by atoms with Crippen molar-refractivity contribution in [2.45, 2.75) is 27.7 Å². The quantitative estimate of drug-likeness (QED) is 0.353. The summed E-state index contributed by atoms with van der Waals surface area (Å²) >= 11 is 12.4. The number of hydrazone groups is 1. The zero-order chi connectivity index (χ0) is 25.2. The molecule has 7 nitrogen and oxygen atoms in total. The maximum Gasteiger partial charge on any atom is 0.260 e. The average Bonchev–Trinajstić information content (AvgIpc) is 3.01. The van der Waals surface area contributed by atoms with E-state index in [9.17, 15) is 13.2 Å². The lowest BCUT2D eigenvalue weighted by Gasteiger charge is -2.22. The second-order valence-corrected chi connectivity index (χ2v) is 10.8. The summed E-state index contributed by atoms with van der Waals surface area (Å²) in [5, 5.41) is 5.09. The third kappa shape index (κ3) is 5.81. The third-order valence-electron chi connectivity index (χ3n) is 5.48. The number of nitrogens with one attached hydrogen (secondary N) is 1. The van der Waals surface area contributed by atoms with Crippen LogP contribution in [-0.4, -0.2) is 37.9 Å². The van der Waals surface area contributed by atoms with Crippen molar-refractivity contribution in [2.75, 3.05) is 17.1 Å². The molecule has 0 aliphatic rings. The summed E-state index contributed by atoms with van der Waals surface area (Å²) in [7, 11) is -3.67. The number of aromatic nitrogens is 1. The van der Waals surface area contributed by atoms with Gasteiger partial charge in [-0.3, -0.25) is 9.10 Å². The highest BCUT2D eigenvalue weighted by Gasteiger charge is 2.21. The number of hydrogen-bond donors (Lipinski definition) is 1. The summed E-state index contributed by atoms with van der Waals surface area (Å²) in [6.45, 7) is 7.27. The monoisotopic (exact) mass is 520 g/mol. The van der Waals surface area contributed by atoms with Gasteiger partial charge in [-0.2, -0.15) is 5.10 Å². The molecule has 0 saturated carbocycles. The van der Waals surface area contributed by atoms with Gasteiger partial charge in [-0.05, 0) is 75.2 Å². The van der Waals surface area contributed by atoms with Gasteiger partial charge in [0.2, 0.25) is 10.0 Å². The van der Waals surface area contributed by atoms with Crippen molar-refractivity contribution in [3.63, 3.8) is 0 Å². The standard InChI is InChI=1S/C24H26Cl2N4O3S/c1-15-6-8-21(10-16(15)2)29(34(5,32)33)14-24(31)28-27-13-19-11-17(3)30(18(19)4)23-9-7-20(25)12-22(23)26/h6-13H,14H2,1-5H3,(H,28,31)/b27-13-. The topological polar surface area (TPSA) is 83.8 Å². The van der Waals surface area contributed by atoms with E-state index in [1.807, 2.05) is 50.5 Å².